The summed E-state index contributed by atoms with van der Waals surface area (Å²) < 4.78 is 0. The van der Waals surface area contributed by atoms with Gasteiger partial charge in [0.15, 0.2) is 0 Å². The van der Waals surface area contributed by atoms with E-state index in [1.165, 1.54) is 0 Å². The second kappa shape index (κ2) is 6.51. The van der Waals surface area contributed by atoms with Gasteiger partial charge in [-0.25, -0.2) is 0 Å². The first-order valence-electron chi connectivity index (χ1n) is 6.01. The molecule has 1 atom stereocenters. The summed E-state index contributed by atoms with van der Waals surface area (Å²) in [6, 6.07) is 3.44. The van der Waals surface area contributed by atoms with Gasteiger partial charge in [-0.15, -0.1) is 0 Å². The number of rotatable bonds is 7. The van der Waals surface area contributed by atoms with E-state index in [1.54, 1.807) is 24.5 Å². The molecule has 1 aromatic heterocycles. The molecule has 3 N–H and O–H groups in total. The predicted octanol–water partition coefficient (Wildman–Crippen LogP) is 1.11. The minimum absolute atomic E-state index is 0.0633. The topological polar surface area (TPSA) is 90.7 Å². The van der Waals surface area contributed by atoms with E-state index in [-0.39, 0.29) is 12.8 Å². The van der Waals surface area contributed by atoms with Crippen molar-refractivity contribution in [3.05, 3.63) is 30.1 Å². The highest BCUT2D eigenvalue weighted by Crippen LogP contribution is 2.38. The van der Waals surface area contributed by atoms with Crippen molar-refractivity contribution in [2.75, 3.05) is 0 Å². The number of carboxylic acids is 1. The smallest absolute Gasteiger partial charge is 0.470 e. The van der Waals surface area contributed by atoms with Crippen LogP contribution in [0.5, 0.6) is 0 Å². The van der Waals surface area contributed by atoms with Gasteiger partial charge >= 0.3 is 13.1 Å². The molecular weight excluding hydrogens is 233 g/mol. The first-order chi connectivity index (χ1) is 8.53. The van der Waals surface area contributed by atoms with Crippen molar-refractivity contribution < 1.29 is 19.9 Å². The number of hydrogen-bond acceptors (Lipinski definition) is 4. The Kier molecular flexibility index (Phi) is 5.31. The van der Waals surface area contributed by atoms with Gasteiger partial charge in [-0.2, -0.15) is 0 Å². The SMILES string of the molecule is CCCCC(Cc1cccnc1)(B(O)O)C(=O)O. The second-order valence-corrected chi connectivity index (χ2v) is 4.48. The maximum atomic E-state index is 11.4. The van der Waals surface area contributed by atoms with E-state index in [4.69, 9.17) is 0 Å². The number of aliphatic carboxylic acids is 1. The Morgan fingerprint density at radius 1 is 1.50 bits per heavy atom. The van der Waals surface area contributed by atoms with Crippen LogP contribution in [0.4, 0.5) is 0 Å². The van der Waals surface area contributed by atoms with Crippen molar-refractivity contribution in [2.45, 2.75) is 37.9 Å². The average Bonchev–Trinajstić information content (AvgIpc) is 2.35. The standard InChI is InChI=1S/C12H18BNO4/c1-2-3-6-12(11(15)16,13(17)18)8-10-5-4-7-14-9-10/h4-5,7,9,17-18H,2-3,6,8H2,1H3,(H,15,16). The molecule has 0 aliphatic heterocycles. The molecule has 1 unspecified atom stereocenters. The molecule has 18 heavy (non-hydrogen) atoms. The van der Waals surface area contributed by atoms with Crippen molar-refractivity contribution in [1.82, 2.24) is 4.98 Å². The fraction of sp³-hybridized carbons (Fsp3) is 0.500. The Morgan fingerprint density at radius 2 is 2.22 bits per heavy atom. The van der Waals surface area contributed by atoms with E-state index in [0.717, 1.165) is 6.42 Å². The molecule has 0 bridgehead atoms. The molecule has 0 aliphatic carbocycles. The Balaban J connectivity index is 2.98. The predicted molar refractivity (Wildman–Crippen MR) is 68.0 cm³/mol. The van der Waals surface area contributed by atoms with Gasteiger partial charge in [-0.1, -0.05) is 25.8 Å². The molecule has 5 nitrogen and oxygen atoms in total. The molecule has 0 aromatic carbocycles. The van der Waals surface area contributed by atoms with Crippen molar-refractivity contribution in [3.8, 4) is 0 Å². The van der Waals surface area contributed by atoms with Crippen LogP contribution in [-0.2, 0) is 11.2 Å². The summed E-state index contributed by atoms with van der Waals surface area (Å²) in [6.45, 7) is 1.93. The van der Waals surface area contributed by atoms with Crippen LogP contribution < -0.4 is 0 Å². The van der Waals surface area contributed by atoms with Gasteiger partial charge in [0, 0.05) is 12.4 Å². The van der Waals surface area contributed by atoms with Crippen LogP contribution in [0, 0.1) is 0 Å². The van der Waals surface area contributed by atoms with Gasteiger partial charge in [0.05, 0.1) is 0 Å². The number of carbonyl (C=O) groups is 1. The first kappa shape index (κ1) is 14.7. The number of pyridine rings is 1. The Labute approximate surface area is 107 Å². The van der Waals surface area contributed by atoms with Gasteiger partial charge in [0.1, 0.15) is 5.31 Å². The quantitative estimate of drug-likeness (QED) is 0.631. The van der Waals surface area contributed by atoms with Crippen molar-refractivity contribution in [1.29, 1.82) is 0 Å². The summed E-state index contributed by atoms with van der Waals surface area (Å²) in [5, 5.41) is 26.7. The monoisotopic (exact) mass is 251 g/mol. The molecule has 0 fully saturated rings. The molecule has 0 spiro atoms. The van der Waals surface area contributed by atoms with Crippen LogP contribution in [0.1, 0.15) is 31.7 Å². The van der Waals surface area contributed by atoms with E-state index in [0.29, 0.717) is 12.0 Å². The van der Waals surface area contributed by atoms with Crippen molar-refractivity contribution in [2.24, 2.45) is 0 Å². The summed E-state index contributed by atoms with van der Waals surface area (Å²) in [5.41, 5.74) is 0.684. The summed E-state index contributed by atoms with van der Waals surface area (Å²) in [4.78, 5) is 15.3. The molecule has 0 amide bonds. The molecule has 0 radical (unpaired) electrons. The molecule has 6 heteroatoms. The Hall–Kier alpha value is -1.40. The van der Waals surface area contributed by atoms with Crippen molar-refractivity contribution >= 4 is 13.1 Å². The van der Waals surface area contributed by atoms with Crippen LogP contribution in [0.3, 0.4) is 0 Å². The zero-order chi connectivity index (χ0) is 13.6. The minimum Gasteiger partial charge on any atom is -0.481 e. The maximum absolute atomic E-state index is 11.4. The molecule has 0 saturated heterocycles. The largest absolute Gasteiger partial charge is 0.481 e. The normalized spacial score (nSPS) is 13.9. The first-order valence-corrected chi connectivity index (χ1v) is 6.01. The lowest BCUT2D eigenvalue weighted by Gasteiger charge is -2.28. The molecule has 98 valence electrons. The lowest BCUT2D eigenvalue weighted by molar-refractivity contribution is -0.141. The van der Waals surface area contributed by atoms with E-state index in [2.05, 4.69) is 4.98 Å². The number of carboxylic acid groups (broad SMARTS) is 1. The molecule has 0 aliphatic rings. The molecule has 1 aromatic rings. The zero-order valence-corrected chi connectivity index (χ0v) is 10.4. The molecular formula is C12H18BNO4. The second-order valence-electron chi connectivity index (χ2n) is 4.48. The highest BCUT2D eigenvalue weighted by molar-refractivity contribution is 6.51. The summed E-state index contributed by atoms with van der Waals surface area (Å²) in [7, 11) is -1.89. The average molecular weight is 251 g/mol. The van der Waals surface area contributed by atoms with Crippen LogP contribution in [0.25, 0.3) is 0 Å². The number of unbranched alkanes of at least 4 members (excludes halogenated alkanes) is 1. The Morgan fingerprint density at radius 3 is 2.67 bits per heavy atom. The highest BCUT2D eigenvalue weighted by atomic mass is 16.4. The van der Waals surface area contributed by atoms with Crippen molar-refractivity contribution in [3.63, 3.8) is 0 Å². The van der Waals surface area contributed by atoms with Crippen LogP contribution in [0.2, 0.25) is 5.31 Å². The maximum Gasteiger partial charge on any atom is 0.470 e. The van der Waals surface area contributed by atoms with E-state index in [9.17, 15) is 19.9 Å². The van der Waals surface area contributed by atoms with E-state index < -0.39 is 18.4 Å². The van der Waals surface area contributed by atoms with Crippen LogP contribution >= 0.6 is 0 Å². The van der Waals surface area contributed by atoms with Crippen LogP contribution in [0.15, 0.2) is 24.5 Å². The highest BCUT2D eigenvalue weighted by Gasteiger charge is 2.48. The van der Waals surface area contributed by atoms with Gasteiger partial charge in [-0.05, 0) is 24.5 Å². The summed E-state index contributed by atoms with van der Waals surface area (Å²) in [6.07, 6.45) is 4.86. The van der Waals surface area contributed by atoms with Crippen LogP contribution in [-0.4, -0.2) is 33.2 Å². The molecule has 0 saturated carbocycles. The fourth-order valence-electron chi connectivity index (χ4n) is 1.96. The third-order valence-corrected chi connectivity index (χ3v) is 3.14. The summed E-state index contributed by atoms with van der Waals surface area (Å²) in [5.74, 6) is -1.19. The van der Waals surface area contributed by atoms with Gasteiger partial charge in [0.25, 0.3) is 0 Å². The molecule has 1 rings (SSSR count). The van der Waals surface area contributed by atoms with Gasteiger partial charge in [-0.3, -0.25) is 9.78 Å². The lowest BCUT2D eigenvalue weighted by atomic mass is 9.53. The third-order valence-electron chi connectivity index (χ3n) is 3.14. The summed E-state index contributed by atoms with van der Waals surface area (Å²) >= 11 is 0. The van der Waals surface area contributed by atoms with E-state index in [1.807, 2.05) is 6.92 Å². The number of nitrogens with zero attached hydrogens (tertiary/aromatic N) is 1. The Bertz CT molecular complexity index is 385. The lowest BCUT2D eigenvalue weighted by Crippen LogP contribution is -2.41. The number of hydrogen-bond donors (Lipinski definition) is 3. The fourth-order valence-corrected chi connectivity index (χ4v) is 1.96. The van der Waals surface area contributed by atoms with E-state index >= 15 is 0 Å². The van der Waals surface area contributed by atoms with Gasteiger partial charge in [0.2, 0.25) is 0 Å². The van der Waals surface area contributed by atoms with Gasteiger partial charge < -0.3 is 15.2 Å². The molecule has 1 heterocycles. The minimum atomic E-state index is -1.89. The third kappa shape index (κ3) is 3.30. The zero-order valence-electron chi connectivity index (χ0n) is 10.4. The number of aromatic nitrogens is 1.